The lowest BCUT2D eigenvalue weighted by Crippen LogP contribution is -2.55. The fourth-order valence-corrected chi connectivity index (χ4v) is 6.76. The summed E-state index contributed by atoms with van der Waals surface area (Å²) >= 11 is 6.57. The molecule has 1 amide bonds. The Hall–Kier alpha value is -4.27. The average Bonchev–Trinajstić information content (AvgIpc) is 3.49. The van der Waals surface area contributed by atoms with Crippen LogP contribution in [0.25, 0.3) is 32.9 Å². The maximum absolute atomic E-state index is 16.6. The van der Waals surface area contributed by atoms with Gasteiger partial charge in [0.15, 0.2) is 5.82 Å². The van der Waals surface area contributed by atoms with E-state index in [1.807, 2.05) is 29.2 Å². The Bertz CT molecular complexity index is 1760. The SMILES string of the molecule is CC(C)N1CCCC1COc1nc(N2CCN(C(=O)O)C(CC#N)C2)c2cnc(-c3cccc4cccc(Cl)c34)c(F)c2n1. The normalized spacial score (nSPS) is 19.2. The van der Waals surface area contributed by atoms with Crippen molar-refractivity contribution in [1.29, 1.82) is 5.26 Å². The minimum Gasteiger partial charge on any atom is -0.465 e. The maximum Gasteiger partial charge on any atom is 0.407 e. The number of nitriles is 1. The Morgan fingerprint density at radius 3 is 2.73 bits per heavy atom. The number of rotatable bonds is 7. The smallest absolute Gasteiger partial charge is 0.407 e. The van der Waals surface area contributed by atoms with Gasteiger partial charge in [-0.15, -0.1) is 0 Å². The Labute approximate surface area is 259 Å². The maximum atomic E-state index is 16.6. The zero-order valence-corrected chi connectivity index (χ0v) is 25.3. The molecule has 228 valence electrons. The van der Waals surface area contributed by atoms with Crippen LogP contribution in [0, 0.1) is 17.1 Å². The number of anilines is 1. The molecule has 0 saturated carbocycles. The molecule has 2 aliphatic rings. The van der Waals surface area contributed by atoms with Gasteiger partial charge in [0.25, 0.3) is 0 Å². The summed E-state index contributed by atoms with van der Waals surface area (Å²) < 4.78 is 22.8. The molecule has 6 rings (SSSR count). The average molecular weight is 618 g/mol. The van der Waals surface area contributed by atoms with Crippen molar-refractivity contribution < 1.29 is 19.0 Å². The number of nitrogens with zero attached hydrogens (tertiary/aromatic N) is 7. The molecule has 2 aromatic heterocycles. The predicted octanol–water partition coefficient (Wildman–Crippen LogP) is 5.97. The molecular weight excluding hydrogens is 585 g/mol. The van der Waals surface area contributed by atoms with Gasteiger partial charge in [-0.3, -0.25) is 9.88 Å². The molecule has 0 spiro atoms. The summed E-state index contributed by atoms with van der Waals surface area (Å²) in [5.74, 6) is -0.246. The number of fused-ring (bicyclic) bond motifs is 2. The minimum absolute atomic E-state index is 0.0144. The number of halogens is 2. The Balaban J connectivity index is 1.45. The second kappa shape index (κ2) is 12.4. The van der Waals surface area contributed by atoms with Gasteiger partial charge in [-0.05, 0) is 44.7 Å². The molecule has 2 saturated heterocycles. The van der Waals surface area contributed by atoms with Gasteiger partial charge in [-0.1, -0.05) is 41.9 Å². The van der Waals surface area contributed by atoms with Gasteiger partial charge >= 0.3 is 12.1 Å². The van der Waals surface area contributed by atoms with Crippen molar-refractivity contribution in [3.63, 3.8) is 0 Å². The first kappa shape index (κ1) is 29.8. The van der Waals surface area contributed by atoms with Crippen molar-refractivity contribution in [3.05, 3.63) is 53.4 Å². The van der Waals surface area contributed by atoms with Crippen molar-refractivity contribution in [2.24, 2.45) is 0 Å². The van der Waals surface area contributed by atoms with Gasteiger partial charge in [0.1, 0.15) is 23.6 Å². The zero-order valence-electron chi connectivity index (χ0n) is 24.6. The number of benzene rings is 2. The third kappa shape index (κ3) is 5.55. The number of carbonyl (C=O) groups is 1. The lowest BCUT2D eigenvalue weighted by molar-refractivity contribution is 0.119. The van der Waals surface area contributed by atoms with Crippen molar-refractivity contribution in [3.8, 4) is 23.3 Å². The van der Waals surface area contributed by atoms with Crippen LogP contribution in [-0.4, -0.2) is 86.9 Å². The monoisotopic (exact) mass is 617 g/mol. The summed E-state index contributed by atoms with van der Waals surface area (Å²) in [6, 6.07) is 13.1. The number of pyridine rings is 1. The molecule has 4 aromatic rings. The van der Waals surface area contributed by atoms with E-state index in [4.69, 9.17) is 21.3 Å². The second-order valence-electron chi connectivity index (χ2n) is 11.5. The summed E-state index contributed by atoms with van der Waals surface area (Å²) in [6.07, 6.45) is 2.53. The molecule has 12 heteroatoms. The van der Waals surface area contributed by atoms with Gasteiger partial charge in [0, 0.05) is 53.9 Å². The van der Waals surface area contributed by atoms with Crippen LogP contribution in [0.4, 0.5) is 15.0 Å². The van der Waals surface area contributed by atoms with E-state index in [1.54, 1.807) is 18.3 Å². The molecule has 10 nitrogen and oxygen atoms in total. The molecule has 0 aliphatic carbocycles. The van der Waals surface area contributed by atoms with Gasteiger partial charge in [-0.2, -0.15) is 15.2 Å². The third-order valence-corrected chi connectivity index (χ3v) is 8.91. The molecule has 2 atom stereocenters. The van der Waals surface area contributed by atoms with E-state index in [-0.39, 0.29) is 42.8 Å². The second-order valence-corrected chi connectivity index (χ2v) is 11.9. The minimum atomic E-state index is -1.08. The number of hydrogen-bond acceptors (Lipinski definition) is 8. The van der Waals surface area contributed by atoms with Crippen LogP contribution in [0.3, 0.4) is 0 Å². The van der Waals surface area contributed by atoms with Gasteiger partial charge < -0.3 is 19.6 Å². The Morgan fingerprint density at radius 1 is 1.18 bits per heavy atom. The van der Waals surface area contributed by atoms with Crippen LogP contribution in [0.2, 0.25) is 5.02 Å². The Morgan fingerprint density at radius 2 is 1.98 bits per heavy atom. The fraction of sp³-hybridized carbons (Fsp3) is 0.406. The van der Waals surface area contributed by atoms with Crippen LogP contribution in [0.1, 0.15) is 33.1 Å². The van der Waals surface area contributed by atoms with E-state index in [0.29, 0.717) is 46.4 Å². The summed E-state index contributed by atoms with van der Waals surface area (Å²) in [6.45, 7) is 6.31. The molecule has 1 N–H and O–H groups in total. The van der Waals surface area contributed by atoms with E-state index < -0.39 is 18.0 Å². The van der Waals surface area contributed by atoms with Crippen molar-refractivity contribution >= 4 is 45.2 Å². The van der Waals surface area contributed by atoms with E-state index >= 15 is 4.39 Å². The van der Waals surface area contributed by atoms with Crippen molar-refractivity contribution in [1.82, 2.24) is 24.8 Å². The first-order valence-corrected chi connectivity index (χ1v) is 15.2. The molecule has 2 fully saturated rings. The number of amides is 1. The number of hydrogen-bond donors (Lipinski definition) is 1. The molecule has 2 aliphatic heterocycles. The van der Waals surface area contributed by atoms with Gasteiger partial charge in [-0.25, -0.2) is 9.18 Å². The molecule has 2 aromatic carbocycles. The summed E-state index contributed by atoms with van der Waals surface area (Å²) in [7, 11) is 0. The number of carboxylic acid groups (broad SMARTS) is 1. The highest BCUT2D eigenvalue weighted by molar-refractivity contribution is 6.36. The third-order valence-electron chi connectivity index (χ3n) is 8.60. The predicted molar refractivity (Wildman–Crippen MR) is 167 cm³/mol. The lowest BCUT2D eigenvalue weighted by atomic mass is 10.0. The lowest BCUT2D eigenvalue weighted by Gasteiger charge is -2.39. The molecule has 4 heterocycles. The number of aromatic nitrogens is 3. The molecule has 0 radical (unpaired) electrons. The first-order valence-electron chi connectivity index (χ1n) is 14.8. The highest BCUT2D eigenvalue weighted by atomic mass is 35.5. The molecule has 0 bridgehead atoms. The first-order chi connectivity index (χ1) is 21.3. The molecule has 44 heavy (non-hydrogen) atoms. The van der Waals surface area contributed by atoms with Crippen LogP contribution < -0.4 is 9.64 Å². The quantitative estimate of drug-likeness (QED) is 0.267. The molecule has 2 unspecified atom stereocenters. The van der Waals surface area contributed by atoms with Crippen molar-refractivity contribution in [2.45, 2.75) is 51.2 Å². The topological polar surface area (TPSA) is 119 Å². The largest absolute Gasteiger partial charge is 0.465 e. The standard InChI is InChI=1S/C32H33ClFN7O3/c1-19(2)40-13-5-8-22(40)18-44-31-37-29-24(30(38-31)39-14-15-41(32(42)43)21(17-39)11-12-35)16-36-28(27(29)34)23-9-3-6-20-7-4-10-25(33)26(20)23/h3-4,6-7,9-10,16,19,21-22H,5,8,11,13-15,17-18H2,1-2H3,(H,42,43). The van der Waals surface area contributed by atoms with E-state index in [9.17, 15) is 15.2 Å². The summed E-state index contributed by atoms with van der Waals surface area (Å²) in [5.41, 5.74) is 0.688. The van der Waals surface area contributed by atoms with Gasteiger partial charge in [0.05, 0.1) is 23.9 Å². The van der Waals surface area contributed by atoms with Crippen LogP contribution in [0.15, 0.2) is 42.6 Å². The highest BCUT2D eigenvalue weighted by Crippen LogP contribution is 2.37. The summed E-state index contributed by atoms with van der Waals surface area (Å²) in [4.78, 5) is 31.2. The number of ether oxygens (including phenoxy) is 1. The van der Waals surface area contributed by atoms with E-state index in [0.717, 1.165) is 24.8 Å². The van der Waals surface area contributed by atoms with Gasteiger partial charge in [0.2, 0.25) is 0 Å². The number of piperazine rings is 1. The molecular formula is C32H33ClFN7O3. The zero-order chi connectivity index (χ0) is 31.0. The van der Waals surface area contributed by atoms with Crippen LogP contribution >= 0.6 is 11.6 Å². The van der Waals surface area contributed by atoms with Crippen molar-refractivity contribution in [2.75, 3.05) is 37.7 Å². The van der Waals surface area contributed by atoms with E-state index in [2.05, 4.69) is 34.8 Å². The Kier molecular flexibility index (Phi) is 8.38. The summed E-state index contributed by atoms with van der Waals surface area (Å²) in [5, 5.41) is 21.5. The highest BCUT2D eigenvalue weighted by Gasteiger charge is 2.33. The fourth-order valence-electron chi connectivity index (χ4n) is 6.47. The van der Waals surface area contributed by atoms with Crippen LogP contribution in [0.5, 0.6) is 6.01 Å². The number of likely N-dealkylation sites (tertiary alicyclic amines) is 1. The van der Waals surface area contributed by atoms with Crippen LogP contribution in [-0.2, 0) is 0 Å². The van der Waals surface area contributed by atoms with E-state index in [1.165, 1.54) is 4.90 Å².